The molecule has 6 N–H and O–H groups in total. The van der Waals surface area contributed by atoms with Gasteiger partial charge in [-0.05, 0) is 24.6 Å². The number of furan rings is 1. The van der Waals surface area contributed by atoms with Crippen LogP contribution in [-0.4, -0.2) is 10.3 Å². The molecule has 25 heavy (non-hydrogen) atoms. The summed E-state index contributed by atoms with van der Waals surface area (Å²) in [7, 11) is 0. The second kappa shape index (κ2) is 7.19. The molecular formula is C17H17ClN4OS2. The molecule has 130 valence electrons. The lowest BCUT2D eigenvalue weighted by molar-refractivity contribution is 0.661. The van der Waals surface area contributed by atoms with E-state index in [0.29, 0.717) is 16.5 Å². The fourth-order valence-electron chi connectivity index (χ4n) is 2.70. The summed E-state index contributed by atoms with van der Waals surface area (Å²) < 4.78 is 6.21. The van der Waals surface area contributed by atoms with E-state index in [0.717, 1.165) is 38.6 Å². The smallest absolute Gasteiger partial charge is 0.151 e. The summed E-state index contributed by atoms with van der Waals surface area (Å²) in [5, 5.41) is 17.6. The van der Waals surface area contributed by atoms with Crippen molar-refractivity contribution in [3.8, 4) is 0 Å². The molecule has 0 amide bonds. The van der Waals surface area contributed by atoms with Gasteiger partial charge in [-0.15, -0.1) is 0 Å². The van der Waals surface area contributed by atoms with E-state index in [1.807, 2.05) is 31.2 Å². The number of amidine groups is 2. The highest BCUT2D eigenvalue weighted by atomic mass is 35.5. The lowest BCUT2D eigenvalue weighted by Crippen LogP contribution is -2.04. The van der Waals surface area contributed by atoms with Crippen molar-refractivity contribution in [2.75, 3.05) is 0 Å². The van der Waals surface area contributed by atoms with E-state index < -0.39 is 0 Å². The van der Waals surface area contributed by atoms with E-state index in [1.165, 1.54) is 23.5 Å². The Balaban J connectivity index is 2.20. The van der Waals surface area contributed by atoms with Gasteiger partial charge in [-0.25, -0.2) is 0 Å². The summed E-state index contributed by atoms with van der Waals surface area (Å²) >= 11 is 8.84. The Labute approximate surface area is 158 Å². The highest BCUT2D eigenvalue weighted by Crippen LogP contribution is 2.38. The number of hydrogen-bond donors (Lipinski definition) is 4. The standard InChI is InChI=1S/C17H17ClN4OS2/c1-8-2-3-9-10-4-5-13(18)12(7-25-17(21)22)15(10)23-14(9)11(8)6-24-16(19)20/h2-5H,6-7H2,1H3,(H3,19,20)(H3,21,22). The number of fused-ring (bicyclic) bond motifs is 3. The minimum atomic E-state index is 0.0403. The van der Waals surface area contributed by atoms with Crippen LogP contribution in [0.4, 0.5) is 0 Å². The lowest BCUT2D eigenvalue weighted by Gasteiger charge is -2.05. The summed E-state index contributed by atoms with van der Waals surface area (Å²) in [6, 6.07) is 7.88. The molecule has 8 heteroatoms. The van der Waals surface area contributed by atoms with Crippen LogP contribution in [0.25, 0.3) is 21.9 Å². The van der Waals surface area contributed by atoms with E-state index in [4.69, 9.17) is 38.3 Å². The first-order valence-corrected chi connectivity index (χ1v) is 9.79. The van der Waals surface area contributed by atoms with Crippen LogP contribution in [-0.2, 0) is 11.5 Å². The number of aryl methyl sites for hydroxylation is 1. The molecule has 0 fully saturated rings. The molecule has 0 radical (unpaired) electrons. The van der Waals surface area contributed by atoms with Gasteiger partial charge < -0.3 is 15.9 Å². The van der Waals surface area contributed by atoms with Gasteiger partial charge in [-0.2, -0.15) is 0 Å². The topological polar surface area (TPSA) is 113 Å². The van der Waals surface area contributed by atoms with Gasteiger partial charge in [0.15, 0.2) is 10.3 Å². The van der Waals surface area contributed by atoms with Crippen molar-refractivity contribution in [1.29, 1.82) is 10.8 Å². The summed E-state index contributed by atoms with van der Waals surface area (Å²) in [5.74, 6) is 1.05. The average Bonchev–Trinajstić information content (AvgIpc) is 2.91. The number of hydrogen-bond acceptors (Lipinski definition) is 5. The predicted molar refractivity (Wildman–Crippen MR) is 110 cm³/mol. The molecule has 2 aromatic carbocycles. The first-order valence-electron chi connectivity index (χ1n) is 7.44. The van der Waals surface area contributed by atoms with Gasteiger partial charge >= 0.3 is 0 Å². The molecule has 0 saturated heterocycles. The predicted octanol–water partition coefficient (Wildman–Crippen LogP) is 4.80. The normalized spacial score (nSPS) is 11.3. The highest BCUT2D eigenvalue weighted by Gasteiger charge is 2.17. The zero-order valence-electron chi connectivity index (χ0n) is 13.5. The molecule has 0 unspecified atom stereocenters. The Morgan fingerprint density at radius 3 is 2.08 bits per heavy atom. The molecule has 0 spiro atoms. The molecule has 1 aromatic heterocycles. The van der Waals surface area contributed by atoms with Crippen molar-refractivity contribution >= 4 is 67.4 Å². The van der Waals surface area contributed by atoms with Crippen LogP contribution in [0.1, 0.15) is 16.7 Å². The molecule has 0 bridgehead atoms. The molecule has 0 atom stereocenters. The van der Waals surface area contributed by atoms with Gasteiger partial charge in [0.25, 0.3) is 0 Å². The molecule has 1 heterocycles. The van der Waals surface area contributed by atoms with E-state index in [1.54, 1.807) is 0 Å². The number of halogens is 1. The van der Waals surface area contributed by atoms with Crippen molar-refractivity contribution < 1.29 is 4.42 Å². The molecule has 0 saturated carbocycles. The first kappa shape index (κ1) is 18.0. The van der Waals surface area contributed by atoms with Crippen molar-refractivity contribution in [1.82, 2.24) is 0 Å². The van der Waals surface area contributed by atoms with Crippen LogP contribution >= 0.6 is 35.1 Å². The summed E-state index contributed by atoms with van der Waals surface area (Å²) in [5.41, 5.74) is 15.4. The minimum Gasteiger partial charge on any atom is -0.455 e. The number of nitrogens with one attached hydrogen (secondary N) is 2. The zero-order chi connectivity index (χ0) is 18.1. The molecule has 5 nitrogen and oxygen atoms in total. The SMILES string of the molecule is Cc1ccc2c(oc3c(CSC(=N)N)c(Cl)ccc32)c1CSC(=N)N. The summed E-state index contributed by atoms with van der Waals surface area (Å²) in [6.45, 7) is 2.02. The molecule has 3 rings (SSSR count). The third-order valence-corrected chi connectivity index (χ3v) is 5.78. The zero-order valence-corrected chi connectivity index (χ0v) is 15.9. The Morgan fingerprint density at radius 2 is 1.48 bits per heavy atom. The second-order valence-electron chi connectivity index (χ2n) is 5.55. The van der Waals surface area contributed by atoms with E-state index in [9.17, 15) is 0 Å². The maximum absolute atomic E-state index is 7.44. The maximum Gasteiger partial charge on any atom is 0.151 e. The van der Waals surface area contributed by atoms with Gasteiger partial charge in [0, 0.05) is 38.4 Å². The monoisotopic (exact) mass is 392 g/mol. The minimum absolute atomic E-state index is 0.0403. The molecule has 0 aliphatic rings. The second-order valence-corrected chi connectivity index (χ2v) is 7.99. The van der Waals surface area contributed by atoms with Crippen LogP contribution in [0.5, 0.6) is 0 Å². The van der Waals surface area contributed by atoms with Crippen LogP contribution < -0.4 is 11.5 Å². The van der Waals surface area contributed by atoms with Crippen molar-refractivity contribution in [2.45, 2.75) is 18.4 Å². The van der Waals surface area contributed by atoms with Crippen molar-refractivity contribution in [2.24, 2.45) is 11.5 Å². The van der Waals surface area contributed by atoms with Crippen LogP contribution in [0.3, 0.4) is 0 Å². The number of rotatable bonds is 4. The van der Waals surface area contributed by atoms with Crippen molar-refractivity contribution in [3.05, 3.63) is 46.0 Å². The van der Waals surface area contributed by atoms with Crippen LogP contribution in [0.2, 0.25) is 5.02 Å². The van der Waals surface area contributed by atoms with Gasteiger partial charge in [0.05, 0.1) is 0 Å². The fourth-order valence-corrected chi connectivity index (χ4v) is 4.24. The van der Waals surface area contributed by atoms with E-state index >= 15 is 0 Å². The van der Waals surface area contributed by atoms with E-state index in [-0.39, 0.29) is 10.3 Å². The largest absolute Gasteiger partial charge is 0.455 e. The van der Waals surface area contributed by atoms with Gasteiger partial charge in [-0.1, -0.05) is 47.3 Å². The Bertz CT molecular complexity index is 921. The molecule has 3 aromatic rings. The highest BCUT2D eigenvalue weighted by molar-refractivity contribution is 8.13. The van der Waals surface area contributed by atoms with Gasteiger partial charge in [-0.3, -0.25) is 10.8 Å². The average molecular weight is 393 g/mol. The fraction of sp³-hybridized carbons (Fsp3) is 0.176. The molecule has 0 aliphatic heterocycles. The summed E-state index contributed by atoms with van der Waals surface area (Å²) in [4.78, 5) is 0. The van der Waals surface area contributed by atoms with Crippen molar-refractivity contribution in [3.63, 3.8) is 0 Å². The third-order valence-electron chi connectivity index (χ3n) is 3.94. The first-order chi connectivity index (χ1) is 11.9. The number of benzene rings is 2. The number of nitrogens with two attached hydrogens (primary N) is 2. The van der Waals surface area contributed by atoms with Gasteiger partial charge in [0.1, 0.15) is 11.2 Å². The summed E-state index contributed by atoms with van der Waals surface area (Å²) in [6.07, 6.45) is 0. The maximum atomic E-state index is 7.44. The Hall–Kier alpha value is -1.83. The van der Waals surface area contributed by atoms with Crippen LogP contribution in [0.15, 0.2) is 28.7 Å². The molecule has 0 aliphatic carbocycles. The van der Waals surface area contributed by atoms with E-state index in [2.05, 4.69) is 0 Å². The van der Waals surface area contributed by atoms with Gasteiger partial charge in [0.2, 0.25) is 0 Å². The Morgan fingerprint density at radius 1 is 0.960 bits per heavy atom. The quantitative estimate of drug-likeness (QED) is 0.376. The Kier molecular flexibility index (Phi) is 5.17. The lowest BCUT2D eigenvalue weighted by atomic mass is 10.0. The third kappa shape index (κ3) is 3.58. The molecular weight excluding hydrogens is 376 g/mol. The number of thioether (sulfide) groups is 2. The van der Waals surface area contributed by atoms with Crippen LogP contribution in [0, 0.1) is 17.7 Å².